The van der Waals surface area contributed by atoms with Crippen molar-refractivity contribution in [1.82, 2.24) is 36.1 Å². The van der Waals surface area contributed by atoms with E-state index in [2.05, 4.69) is 47.2 Å². The molecule has 0 saturated carbocycles. The Morgan fingerprint density at radius 3 is 2.09 bits per heavy atom. The van der Waals surface area contributed by atoms with Gasteiger partial charge in [-0.2, -0.15) is 0 Å². The first-order chi connectivity index (χ1) is 25.4. The van der Waals surface area contributed by atoms with Crippen molar-refractivity contribution in [2.24, 2.45) is 17.8 Å². The van der Waals surface area contributed by atoms with E-state index in [4.69, 9.17) is 0 Å². The number of carbonyl (C=O) groups excluding carboxylic acids is 6. The molecule has 15 nitrogen and oxygen atoms in total. The summed E-state index contributed by atoms with van der Waals surface area (Å²) in [5, 5.41) is 20.3. The molecule has 1 fully saturated rings. The van der Waals surface area contributed by atoms with Crippen LogP contribution >= 0.6 is 15.9 Å². The zero-order chi connectivity index (χ0) is 40.3. The monoisotopic (exact) mass is 813 g/mol. The molecule has 0 aliphatic carbocycles. The highest BCUT2D eigenvalue weighted by molar-refractivity contribution is 9.10. The number of ketones is 1. The van der Waals surface area contributed by atoms with E-state index in [-0.39, 0.29) is 31.0 Å². The van der Waals surface area contributed by atoms with Crippen molar-refractivity contribution in [3.05, 3.63) is 60.2 Å². The zero-order valence-corrected chi connectivity index (χ0v) is 33.4. The number of hydrogen-bond acceptors (Lipinski definition) is 9. The average Bonchev–Trinajstić information content (AvgIpc) is 3.59. The van der Waals surface area contributed by atoms with Gasteiger partial charge in [0.1, 0.15) is 29.9 Å². The van der Waals surface area contributed by atoms with Gasteiger partial charge in [0, 0.05) is 35.6 Å². The predicted octanol–water partition coefficient (Wildman–Crippen LogP) is 2.43. The minimum atomic E-state index is -1.39. The van der Waals surface area contributed by atoms with Crippen molar-refractivity contribution in [2.75, 3.05) is 6.54 Å². The molecule has 0 bridgehead atoms. The minimum absolute atomic E-state index is 0.0213. The summed E-state index contributed by atoms with van der Waals surface area (Å²) in [5.74, 6) is -7.11. The lowest BCUT2D eigenvalue weighted by Crippen LogP contribution is -2.61. The molecule has 5 amide bonds. The standard InChI is InChI=1S/C38H52BrN7O8/c1-8-12-25(31(47)35(51)43-26(37(53)54)19-23-13-10-9-11-14-23)42-34(50)30-24(38(6,7)39)15-18-46(30)36(52)29(22(4)5)45-33(49)28(21(2)3)44-32(48)27-20-40-16-17-41-27/h9-11,13-14,16-17,20-22,24-26,28-30H,8,12,15,18-19H2,1-7H3,(H,42,50)(H,43,51)(H,44,48)(H,45,49)(H,53,54)/t24-,25?,26-,28-,29-,30-/m0/s1. The van der Waals surface area contributed by atoms with Crippen LogP contribution in [0.3, 0.4) is 0 Å². The number of rotatable bonds is 18. The number of likely N-dealkylation sites (tertiary alicyclic amines) is 1. The van der Waals surface area contributed by atoms with Crippen LogP contribution < -0.4 is 21.3 Å². The second kappa shape index (κ2) is 19.6. The highest BCUT2D eigenvalue weighted by atomic mass is 79.9. The summed E-state index contributed by atoms with van der Waals surface area (Å²) in [7, 11) is 0. The van der Waals surface area contributed by atoms with Crippen LogP contribution in [0.1, 0.15) is 83.8 Å². The van der Waals surface area contributed by atoms with Gasteiger partial charge in [0.2, 0.25) is 23.5 Å². The first-order valence-corrected chi connectivity index (χ1v) is 18.9. The Bertz CT molecular complexity index is 1650. The zero-order valence-electron chi connectivity index (χ0n) is 31.8. The lowest BCUT2D eigenvalue weighted by molar-refractivity contribution is -0.146. The molecule has 1 aromatic heterocycles. The van der Waals surface area contributed by atoms with Crippen molar-refractivity contribution in [3.8, 4) is 0 Å². The quantitative estimate of drug-likeness (QED) is 0.109. The second-order valence-corrected chi connectivity index (χ2v) is 16.8. The second-order valence-electron chi connectivity index (χ2n) is 14.7. The Balaban J connectivity index is 1.83. The third-order valence-electron chi connectivity index (χ3n) is 9.41. The van der Waals surface area contributed by atoms with E-state index >= 15 is 0 Å². The fourth-order valence-electron chi connectivity index (χ4n) is 6.44. The van der Waals surface area contributed by atoms with Gasteiger partial charge in [0.15, 0.2) is 0 Å². The molecular weight excluding hydrogens is 762 g/mol. The van der Waals surface area contributed by atoms with E-state index in [0.717, 1.165) is 0 Å². The topological polar surface area (TPSA) is 217 Å². The van der Waals surface area contributed by atoms with Crippen molar-refractivity contribution in [2.45, 2.75) is 109 Å². The maximum absolute atomic E-state index is 14.4. The van der Waals surface area contributed by atoms with E-state index in [1.165, 1.54) is 23.5 Å². The number of alkyl halides is 1. The van der Waals surface area contributed by atoms with Crippen molar-refractivity contribution >= 4 is 57.2 Å². The van der Waals surface area contributed by atoms with Gasteiger partial charge in [0.25, 0.3) is 11.8 Å². The number of nitrogens with zero attached hydrogens (tertiary/aromatic N) is 3. The number of aromatic nitrogens is 2. The fourth-order valence-corrected chi connectivity index (χ4v) is 6.92. The van der Waals surface area contributed by atoms with Crippen LogP contribution in [0.4, 0.5) is 0 Å². The average molecular weight is 815 g/mol. The van der Waals surface area contributed by atoms with Gasteiger partial charge in [0.05, 0.1) is 12.2 Å². The maximum atomic E-state index is 14.4. The third kappa shape index (κ3) is 11.6. The molecule has 1 aliphatic heterocycles. The molecule has 1 unspecified atom stereocenters. The number of hydrogen-bond donors (Lipinski definition) is 5. The molecule has 0 radical (unpaired) electrons. The van der Waals surface area contributed by atoms with E-state index in [1.807, 2.05) is 13.8 Å². The van der Waals surface area contributed by atoms with Gasteiger partial charge < -0.3 is 31.3 Å². The summed E-state index contributed by atoms with van der Waals surface area (Å²) >= 11 is 3.67. The number of Topliss-reactive ketones (excluding diaryl/α,β-unsaturated/α-hetero) is 1. The molecule has 5 N–H and O–H groups in total. The molecule has 1 aromatic carbocycles. The molecule has 3 rings (SSSR count). The first kappa shape index (κ1) is 43.7. The van der Waals surface area contributed by atoms with Gasteiger partial charge in [-0.25, -0.2) is 9.78 Å². The smallest absolute Gasteiger partial charge is 0.326 e. The summed E-state index contributed by atoms with van der Waals surface area (Å²) in [4.78, 5) is 103. The van der Waals surface area contributed by atoms with Gasteiger partial charge in [-0.05, 0) is 44.1 Å². The molecule has 1 saturated heterocycles. The van der Waals surface area contributed by atoms with Crippen LogP contribution in [0.25, 0.3) is 0 Å². The van der Waals surface area contributed by atoms with Crippen LogP contribution in [0.15, 0.2) is 48.9 Å². The summed E-state index contributed by atoms with van der Waals surface area (Å²) in [5.41, 5.74) is 0.667. The predicted molar refractivity (Wildman–Crippen MR) is 203 cm³/mol. The molecule has 2 heterocycles. The normalized spacial score (nSPS) is 17.9. The van der Waals surface area contributed by atoms with E-state index in [9.17, 15) is 38.7 Å². The number of carboxylic acids is 1. The first-order valence-electron chi connectivity index (χ1n) is 18.2. The number of halogens is 1. The van der Waals surface area contributed by atoms with E-state index in [1.54, 1.807) is 65.0 Å². The molecule has 0 spiro atoms. The van der Waals surface area contributed by atoms with Crippen LogP contribution in [0.2, 0.25) is 0 Å². The Morgan fingerprint density at radius 1 is 0.907 bits per heavy atom. The molecule has 2 aromatic rings. The molecule has 6 atom stereocenters. The lowest BCUT2D eigenvalue weighted by Gasteiger charge is -2.36. The summed E-state index contributed by atoms with van der Waals surface area (Å²) in [6, 6.07) is 2.75. The Labute approximate surface area is 324 Å². The molecule has 54 heavy (non-hydrogen) atoms. The fraction of sp³-hybridized carbons (Fsp3) is 0.553. The molecule has 16 heteroatoms. The van der Waals surface area contributed by atoms with Crippen LogP contribution in [-0.4, -0.2) is 102 Å². The molecule has 1 aliphatic rings. The van der Waals surface area contributed by atoms with E-state index in [0.29, 0.717) is 18.4 Å². The van der Waals surface area contributed by atoms with Crippen LogP contribution in [-0.2, 0) is 35.2 Å². The number of benzene rings is 1. The van der Waals surface area contributed by atoms with Gasteiger partial charge in [-0.3, -0.25) is 33.8 Å². The number of aliphatic carboxylic acids is 1. The highest BCUT2D eigenvalue weighted by Crippen LogP contribution is 2.39. The Hall–Kier alpha value is -4.73. The summed E-state index contributed by atoms with van der Waals surface area (Å²) < 4.78 is -0.651. The summed E-state index contributed by atoms with van der Waals surface area (Å²) in [6.07, 6.45) is 4.89. The number of amides is 5. The molecular formula is C38H52BrN7O8. The summed E-state index contributed by atoms with van der Waals surface area (Å²) in [6.45, 7) is 12.7. The Morgan fingerprint density at radius 2 is 1.56 bits per heavy atom. The number of carboxylic acid groups (broad SMARTS) is 1. The Kier molecular flexibility index (Phi) is 15.8. The largest absolute Gasteiger partial charge is 0.480 e. The molecule has 294 valence electrons. The van der Waals surface area contributed by atoms with E-state index < -0.39 is 87.7 Å². The SMILES string of the molecule is CCCC(NC(=O)[C@@H]1[C@@H](C(C)(C)Br)CCN1C(=O)[C@@H](NC(=O)[C@@H](NC(=O)c1cnccn1)C(C)C)C(C)C)C(=O)C(=O)N[C@@H](Cc1ccccc1)C(=O)O. The van der Waals surface area contributed by atoms with Crippen molar-refractivity contribution in [1.29, 1.82) is 0 Å². The van der Waals surface area contributed by atoms with Gasteiger partial charge >= 0.3 is 5.97 Å². The number of nitrogens with one attached hydrogen (secondary N) is 4. The van der Waals surface area contributed by atoms with Gasteiger partial charge in [-0.15, -0.1) is 0 Å². The minimum Gasteiger partial charge on any atom is -0.480 e. The van der Waals surface area contributed by atoms with Gasteiger partial charge in [-0.1, -0.05) is 87.3 Å². The van der Waals surface area contributed by atoms with Crippen LogP contribution in [0, 0.1) is 17.8 Å². The maximum Gasteiger partial charge on any atom is 0.326 e. The third-order valence-corrected chi connectivity index (χ3v) is 10.0. The van der Waals surface area contributed by atoms with Crippen molar-refractivity contribution in [3.63, 3.8) is 0 Å². The van der Waals surface area contributed by atoms with Crippen molar-refractivity contribution < 1.29 is 38.7 Å². The lowest BCUT2D eigenvalue weighted by atomic mass is 9.87. The number of carbonyl (C=O) groups is 7. The van der Waals surface area contributed by atoms with Crippen LogP contribution in [0.5, 0.6) is 0 Å². The highest BCUT2D eigenvalue weighted by Gasteiger charge is 2.50.